The molecule has 1 amide bonds. The number of aromatic nitrogens is 2. The van der Waals surface area contributed by atoms with Crippen molar-refractivity contribution in [2.75, 3.05) is 18.5 Å². The minimum atomic E-state index is -0.0418. The zero-order valence-electron chi connectivity index (χ0n) is 12.6. The summed E-state index contributed by atoms with van der Waals surface area (Å²) >= 11 is 0. The molecular weight excluding hydrogens is 298 g/mol. The molecule has 1 aromatic carbocycles. The van der Waals surface area contributed by atoms with E-state index in [4.69, 9.17) is 13.9 Å². The Hall–Kier alpha value is -2.57. The minimum Gasteiger partial charge on any atom is -0.486 e. The van der Waals surface area contributed by atoms with Crippen molar-refractivity contribution < 1.29 is 18.7 Å². The van der Waals surface area contributed by atoms with E-state index in [0.29, 0.717) is 30.6 Å². The van der Waals surface area contributed by atoms with Crippen LogP contribution in [0.5, 0.6) is 11.5 Å². The molecular formula is C16H17N3O4. The second-order valence-electron chi connectivity index (χ2n) is 5.74. The molecule has 7 heteroatoms. The fraction of sp³-hybridized carbons (Fsp3) is 0.438. The third kappa shape index (κ3) is 2.86. The molecule has 2 heterocycles. The van der Waals surface area contributed by atoms with E-state index in [1.54, 1.807) is 6.07 Å². The summed E-state index contributed by atoms with van der Waals surface area (Å²) in [5.74, 6) is 1.71. The normalized spacial score (nSPS) is 17.2. The van der Waals surface area contributed by atoms with Crippen molar-refractivity contribution in [1.29, 1.82) is 0 Å². The van der Waals surface area contributed by atoms with E-state index >= 15 is 0 Å². The van der Waals surface area contributed by atoms with Crippen LogP contribution in [0.1, 0.15) is 25.7 Å². The molecule has 4 rings (SSSR count). The van der Waals surface area contributed by atoms with Crippen molar-refractivity contribution in [2.24, 2.45) is 5.92 Å². The van der Waals surface area contributed by atoms with Gasteiger partial charge in [0.25, 0.3) is 0 Å². The predicted octanol–water partition coefficient (Wildman–Crippen LogP) is 2.64. The highest BCUT2D eigenvalue weighted by atomic mass is 16.6. The van der Waals surface area contributed by atoms with Crippen molar-refractivity contribution in [1.82, 2.24) is 10.2 Å². The van der Waals surface area contributed by atoms with Crippen LogP contribution in [-0.2, 0) is 4.79 Å². The first-order chi connectivity index (χ1) is 11.3. The summed E-state index contributed by atoms with van der Waals surface area (Å²) in [6.45, 7) is 1.06. The minimum absolute atomic E-state index is 0.0418. The fourth-order valence-corrected chi connectivity index (χ4v) is 2.96. The molecule has 0 radical (unpaired) electrons. The number of nitrogens with one attached hydrogen (secondary N) is 1. The Bertz CT molecular complexity index is 722. The number of benzene rings is 1. The molecule has 0 saturated heterocycles. The van der Waals surface area contributed by atoms with Gasteiger partial charge in [0.2, 0.25) is 11.8 Å². The van der Waals surface area contributed by atoms with E-state index < -0.39 is 0 Å². The van der Waals surface area contributed by atoms with Gasteiger partial charge in [0, 0.05) is 11.5 Å². The van der Waals surface area contributed by atoms with Crippen LogP contribution in [0, 0.1) is 5.92 Å². The first-order valence-electron chi connectivity index (χ1n) is 7.84. The number of nitrogens with zero attached hydrogens (tertiary/aromatic N) is 2. The number of hydrogen-bond acceptors (Lipinski definition) is 6. The van der Waals surface area contributed by atoms with Crippen molar-refractivity contribution in [3.8, 4) is 23.0 Å². The highest BCUT2D eigenvalue weighted by Crippen LogP contribution is 2.34. The van der Waals surface area contributed by atoms with E-state index in [1.807, 2.05) is 12.1 Å². The molecule has 0 atom stereocenters. The van der Waals surface area contributed by atoms with Crippen LogP contribution in [0.4, 0.5) is 6.01 Å². The summed E-state index contributed by atoms with van der Waals surface area (Å²) < 4.78 is 16.6. The first kappa shape index (κ1) is 14.0. The molecule has 1 N–H and O–H groups in total. The maximum atomic E-state index is 12.1. The summed E-state index contributed by atoms with van der Waals surface area (Å²) in [4.78, 5) is 12.1. The zero-order chi connectivity index (χ0) is 15.6. The van der Waals surface area contributed by atoms with Gasteiger partial charge in [-0.05, 0) is 31.0 Å². The molecule has 120 valence electrons. The van der Waals surface area contributed by atoms with Gasteiger partial charge in [-0.2, -0.15) is 0 Å². The number of rotatable bonds is 3. The molecule has 1 aliphatic carbocycles. The Morgan fingerprint density at radius 1 is 1.09 bits per heavy atom. The van der Waals surface area contributed by atoms with Gasteiger partial charge in [-0.15, -0.1) is 5.10 Å². The van der Waals surface area contributed by atoms with Crippen LogP contribution in [0.3, 0.4) is 0 Å². The molecule has 0 bridgehead atoms. The van der Waals surface area contributed by atoms with Gasteiger partial charge in [0.1, 0.15) is 13.2 Å². The second kappa shape index (κ2) is 5.91. The van der Waals surface area contributed by atoms with Gasteiger partial charge in [0.15, 0.2) is 11.5 Å². The summed E-state index contributed by atoms with van der Waals surface area (Å²) in [5.41, 5.74) is 0.725. The molecule has 7 nitrogen and oxygen atoms in total. The Kier molecular flexibility index (Phi) is 3.61. The Balaban J connectivity index is 1.50. The summed E-state index contributed by atoms with van der Waals surface area (Å²) in [5, 5.41) is 10.6. The smallest absolute Gasteiger partial charge is 0.322 e. The van der Waals surface area contributed by atoms with Crippen LogP contribution >= 0.6 is 0 Å². The van der Waals surface area contributed by atoms with Crippen LogP contribution in [0.25, 0.3) is 11.5 Å². The number of carbonyl (C=O) groups excluding carboxylic acids is 1. The largest absolute Gasteiger partial charge is 0.486 e. The van der Waals surface area contributed by atoms with E-state index in [1.165, 1.54) is 0 Å². The summed E-state index contributed by atoms with van der Waals surface area (Å²) in [7, 11) is 0. The maximum absolute atomic E-state index is 12.1. The molecule has 1 aromatic heterocycles. The number of hydrogen-bond donors (Lipinski definition) is 1. The fourth-order valence-electron chi connectivity index (χ4n) is 2.96. The Morgan fingerprint density at radius 2 is 1.87 bits per heavy atom. The third-order valence-electron chi connectivity index (χ3n) is 4.17. The average molecular weight is 315 g/mol. The van der Waals surface area contributed by atoms with Crippen molar-refractivity contribution in [3.63, 3.8) is 0 Å². The van der Waals surface area contributed by atoms with Crippen molar-refractivity contribution in [2.45, 2.75) is 25.7 Å². The maximum Gasteiger partial charge on any atom is 0.322 e. The lowest BCUT2D eigenvalue weighted by Crippen LogP contribution is -2.20. The van der Waals surface area contributed by atoms with Crippen molar-refractivity contribution in [3.05, 3.63) is 18.2 Å². The van der Waals surface area contributed by atoms with Crippen LogP contribution < -0.4 is 14.8 Å². The average Bonchev–Trinajstić information content (AvgIpc) is 3.26. The van der Waals surface area contributed by atoms with Crippen LogP contribution in [0.2, 0.25) is 0 Å². The van der Waals surface area contributed by atoms with Gasteiger partial charge in [-0.1, -0.05) is 17.9 Å². The SMILES string of the molecule is O=C(Nc1nnc(-c2ccc3c(c2)OCCO3)o1)C1CCCC1. The molecule has 1 saturated carbocycles. The predicted molar refractivity (Wildman–Crippen MR) is 81.3 cm³/mol. The number of carbonyl (C=O) groups is 1. The molecule has 1 aliphatic heterocycles. The van der Waals surface area contributed by atoms with E-state index in [2.05, 4.69) is 15.5 Å². The highest BCUT2D eigenvalue weighted by Gasteiger charge is 2.24. The molecule has 2 aliphatic rings. The molecule has 0 unspecified atom stereocenters. The van der Waals surface area contributed by atoms with Crippen molar-refractivity contribution >= 4 is 11.9 Å². The lowest BCUT2D eigenvalue weighted by atomic mass is 10.1. The van der Waals surface area contributed by atoms with Gasteiger partial charge < -0.3 is 13.9 Å². The molecule has 0 spiro atoms. The summed E-state index contributed by atoms with van der Waals surface area (Å²) in [6, 6.07) is 5.56. The Labute approximate surface area is 133 Å². The monoisotopic (exact) mass is 315 g/mol. The topological polar surface area (TPSA) is 86.5 Å². The van der Waals surface area contributed by atoms with E-state index in [-0.39, 0.29) is 17.8 Å². The lowest BCUT2D eigenvalue weighted by Gasteiger charge is -2.18. The van der Waals surface area contributed by atoms with Gasteiger partial charge in [-0.25, -0.2) is 0 Å². The van der Waals surface area contributed by atoms with Gasteiger partial charge >= 0.3 is 6.01 Å². The van der Waals surface area contributed by atoms with E-state index in [0.717, 1.165) is 31.2 Å². The second-order valence-corrected chi connectivity index (χ2v) is 5.74. The van der Waals surface area contributed by atoms with Crippen LogP contribution in [0.15, 0.2) is 22.6 Å². The highest BCUT2D eigenvalue weighted by molar-refractivity contribution is 5.90. The van der Waals surface area contributed by atoms with Crippen LogP contribution in [-0.4, -0.2) is 29.3 Å². The quantitative estimate of drug-likeness (QED) is 0.937. The molecule has 1 fully saturated rings. The first-order valence-corrected chi connectivity index (χ1v) is 7.84. The summed E-state index contributed by atoms with van der Waals surface area (Å²) in [6.07, 6.45) is 4.05. The van der Waals surface area contributed by atoms with Gasteiger partial charge in [0.05, 0.1) is 0 Å². The standard InChI is InChI=1S/C16H17N3O4/c20-14(10-3-1-2-4-10)17-16-19-18-15(23-16)11-5-6-12-13(9-11)22-8-7-21-12/h5-6,9-10H,1-4,7-8H2,(H,17,19,20). The number of fused-ring (bicyclic) bond motifs is 1. The number of anilines is 1. The Morgan fingerprint density at radius 3 is 2.70 bits per heavy atom. The lowest BCUT2D eigenvalue weighted by molar-refractivity contribution is -0.119. The number of amides is 1. The third-order valence-corrected chi connectivity index (χ3v) is 4.17. The molecule has 23 heavy (non-hydrogen) atoms. The van der Waals surface area contributed by atoms with Gasteiger partial charge in [-0.3, -0.25) is 10.1 Å². The molecule has 2 aromatic rings. The van der Waals surface area contributed by atoms with E-state index in [9.17, 15) is 4.79 Å². The number of ether oxygens (including phenoxy) is 2. The zero-order valence-corrected chi connectivity index (χ0v) is 12.6.